The SMILES string of the molecule is COC(=O)c1c(NC2CN(Cc3ccc(C(F)(F)F)cc3)CCO2)n(-c2ccccc2)c(=S)n(C)c1=O. The fraction of sp³-hybridized carbons (Fsp3) is 0.320. The number of anilines is 1. The monoisotopic (exact) mass is 534 g/mol. The topological polar surface area (TPSA) is 77.7 Å². The lowest BCUT2D eigenvalue weighted by Gasteiger charge is -2.34. The first-order valence-corrected chi connectivity index (χ1v) is 11.8. The van der Waals surface area contributed by atoms with Gasteiger partial charge < -0.3 is 14.8 Å². The number of hydrogen-bond donors (Lipinski definition) is 1. The van der Waals surface area contributed by atoms with E-state index in [1.54, 1.807) is 28.8 Å². The molecule has 0 spiro atoms. The molecule has 3 aromatic rings. The standard InChI is InChI=1S/C25H25F3N4O4S/c1-30-22(33)20(23(34)35-2)21(32(24(30)37)18-6-4-3-5-7-18)29-19-15-31(12-13-36-19)14-16-8-10-17(11-9-16)25(26,27)28/h3-11,19,29H,12-15H2,1-2H3. The molecule has 0 aliphatic carbocycles. The first-order chi connectivity index (χ1) is 17.6. The number of carbonyl (C=O) groups is 1. The molecule has 12 heteroatoms. The third-order valence-corrected chi connectivity index (χ3v) is 6.45. The van der Waals surface area contributed by atoms with Gasteiger partial charge in [-0.2, -0.15) is 13.2 Å². The Kier molecular flexibility index (Phi) is 7.81. The number of rotatable bonds is 6. The number of nitrogens with zero attached hydrogens (tertiary/aromatic N) is 3. The van der Waals surface area contributed by atoms with Crippen molar-refractivity contribution in [3.8, 4) is 5.69 Å². The molecular formula is C25H25F3N4O4S. The number of esters is 1. The van der Waals surface area contributed by atoms with Crippen molar-refractivity contribution in [1.29, 1.82) is 0 Å². The third kappa shape index (κ3) is 5.76. The van der Waals surface area contributed by atoms with Crippen LogP contribution in [0, 0.1) is 4.77 Å². The van der Waals surface area contributed by atoms with Gasteiger partial charge in [-0.15, -0.1) is 0 Å². The van der Waals surface area contributed by atoms with Gasteiger partial charge in [0.1, 0.15) is 12.0 Å². The van der Waals surface area contributed by atoms with E-state index in [9.17, 15) is 22.8 Å². The van der Waals surface area contributed by atoms with Gasteiger partial charge in [-0.05, 0) is 42.0 Å². The average Bonchev–Trinajstić information content (AvgIpc) is 2.88. The number of benzene rings is 2. The Bertz CT molecular complexity index is 1390. The first kappa shape index (κ1) is 26.6. The van der Waals surface area contributed by atoms with Gasteiger partial charge in [-0.25, -0.2) is 4.79 Å². The molecule has 2 heterocycles. The summed E-state index contributed by atoms with van der Waals surface area (Å²) >= 11 is 5.55. The van der Waals surface area contributed by atoms with Crippen LogP contribution in [0.15, 0.2) is 59.4 Å². The number of morpholine rings is 1. The highest BCUT2D eigenvalue weighted by atomic mass is 32.1. The van der Waals surface area contributed by atoms with Crippen LogP contribution in [0.5, 0.6) is 0 Å². The van der Waals surface area contributed by atoms with E-state index < -0.39 is 29.5 Å². The second-order valence-corrected chi connectivity index (χ2v) is 8.83. The van der Waals surface area contributed by atoms with E-state index in [-0.39, 0.29) is 16.2 Å². The predicted molar refractivity (Wildman–Crippen MR) is 133 cm³/mol. The van der Waals surface area contributed by atoms with E-state index in [4.69, 9.17) is 21.7 Å². The van der Waals surface area contributed by atoms with E-state index in [0.29, 0.717) is 37.5 Å². The van der Waals surface area contributed by atoms with Gasteiger partial charge in [0.25, 0.3) is 5.56 Å². The minimum absolute atomic E-state index is 0.132. The average molecular weight is 535 g/mol. The van der Waals surface area contributed by atoms with Crippen LogP contribution in [0.3, 0.4) is 0 Å². The number of alkyl halides is 3. The second kappa shape index (κ2) is 10.9. The molecule has 8 nitrogen and oxygen atoms in total. The minimum atomic E-state index is -4.39. The fourth-order valence-corrected chi connectivity index (χ4v) is 4.38. The molecule has 0 saturated carbocycles. The molecule has 37 heavy (non-hydrogen) atoms. The number of aromatic nitrogens is 2. The minimum Gasteiger partial charge on any atom is -0.465 e. The van der Waals surface area contributed by atoms with Crippen LogP contribution in [0.2, 0.25) is 0 Å². The zero-order valence-corrected chi connectivity index (χ0v) is 20.9. The summed E-state index contributed by atoms with van der Waals surface area (Å²) < 4.78 is 52.3. The van der Waals surface area contributed by atoms with Crippen LogP contribution in [-0.2, 0) is 29.2 Å². The Morgan fingerprint density at radius 2 is 1.84 bits per heavy atom. The van der Waals surface area contributed by atoms with Crippen molar-refractivity contribution in [2.24, 2.45) is 7.05 Å². The quantitative estimate of drug-likeness (QED) is 0.379. The van der Waals surface area contributed by atoms with E-state index in [1.807, 2.05) is 11.0 Å². The molecule has 196 valence electrons. The molecule has 4 rings (SSSR count). The van der Waals surface area contributed by atoms with Gasteiger partial charge in [-0.1, -0.05) is 30.3 Å². The largest absolute Gasteiger partial charge is 0.465 e. The molecule has 1 aliphatic heterocycles. The highest BCUT2D eigenvalue weighted by Gasteiger charge is 2.31. The van der Waals surface area contributed by atoms with Crippen LogP contribution in [0.1, 0.15) is 21.5 Å². The number of ether oxygens (including phenoxy) is 2. The van der Waals surface area contributed by atoms with Crippen LogP contribution >= 0.6 is 12.2 Å². The molecule has 0 bridgehead atoms. The van der Waals surface area contributed by atoms with Gasteiger partial charge in [0.2, 0.25) is 0 Å². The molecule has 1 N–H and O–H groups in total. The summed E-state index contributed by atoms with van der Waals surface area (Å²) in [5.74, 6) is -0.701. The Labute approximate surface area is 215 Å². The van der Waals surface area contributed by atoms with E-state index >= 15 is 0 Å². The van der Waals surface area contributed by atoms with E-state index in [2.05, 4.69) is 5.32 Å². The Hall–Kier alpha value is -3.48. The summed E-state index contributed by atoms with van der Waals surface area (Å²) in [6.45, 7) is 1.59. The van der Waals surface area contributed by atoms with Crippen LogP contribution in [0.4, 0.5) is 19.0 Å². The van der Waals surface area contributed by atoms with Crippen LogP contribution in [-0.4, -0.2) is 53.0 Å². The lowest BCUT2D eigenvalue weighted by atomic mass is 10.1. The van der Waals surface area contributed by atoms with Crippen molar-refractivity contribution >= 4 is 24.0 Å². The number of methoxy groups -OCH3 is 1. The van der Waals surface area contributed by atoms with Gasteiger partial charge in [0.15, 0.2) is 10.3 Å². The zero-order chi connectivity index (χ0) is 26.7. The maximum Gasteiger partial charge on any atom is 0.416 e. The van der Waals surface area contributed by atoms with Crippen molar-refractivity contribution in [3.05, 3.63) is 86.4 Å². The predicted octanol–water partition coefficient (Wildman–Crippen LogP) is 3.98. The van der Waals surface area contributed by atoms with Gasteiger partial charge in [-0.3, -0.25) is 18.8 Å². The smallest absolute Gasteiger partial charge is 0.416 e. The lowest BCUT2D eigenvalue weighted by Crippen LogP contribution is -2.46. The summed E-state index contributed by atoms with van der Waals surface area (Å²) in [5, 5.41) is 3.15. The van der Waals surface area contributed by atoms with Crippen LogP contribution in [0.25, 0.3) is 5.69 Å². The molecule has 1 fully saturated rings. The van der Waals surface area contributed by atoms with E-state index in [1.165, 1.54) is 30.9 Å². The van der Waals surface area contributed by atoms with Crippen molar-refractivity contribution in [1.82, 2.24) is 14.0 Å². The lowest BCUT2D eigenvalue weighted by molar-refractivity contribution is -0.137. The summed E-state index contributed by atoms with van der Waals surface area (Å²) in [7, 11) is 2.66. The summed E-state index contributed by atoms with van der Waals surface area (Å²) in [4.78, 5) is 27.7. The number of halogens is 3. The summed E-state index contributed by atoms with van der Waals surface area (Å²) in [6, 6.07) is 14.0. The van der Waals surface area contributed by atoms with Gasteiger partial charge >= 0.3 is 12.1 Å². The Morgan fingerprint density at radius 3 is 2.46 bits per heavy atom. The third-order valence-electron chi connectivity index (χ3n) is 6.00. The van der Waals surface area contributed by atoms with Crippen LogP contribution < -0.4 is 10.9 Å². The Morgan fingerprint density at radius 1 is 1.16 bits per heavy atom. The molecule has 2 aromatic carbocycles. The number of nitrogens with one attached hydrogen (secondary N) is 1. The van der Waals surface area contributed by atoms with Gasteiger partial charge in [0.05, 0.1) is 19.3 Å². The van der Waals surface area contributed by atoms with Crippen molar-refractivity contribution in [3.63, 3.8) is 0 Å². The van der Waals surface area contributed by atoms with E-state index in [0.717, 1.165) is 12.1 Å². The maximum atomic E-state index is 13.1. The Balaban J connectivity index is 1.65. The molecule has 0 radical (unpaired) electrons. The molecule has 1 aromatic heterocycles. The maximum absolute atomic E-state index is 13.1. The van der Waals surface area contributed by atoms with Crippen molar-refractivity contribution in [2.45, 2.75) is 18.9 Å². The number of carbonyl (C=O) groups excluding carboxylic acids is 1. The second-order valence-electron chi connectivity index (χ2n) is 8.47. The number of para-hydroxylation sites is 1. The highest BCUT2D eigenvalue weighted by Crippen LogP contribution is 2.29. The van der Waals surface area contributed by atoms with Crippen molar-refractivity contribution < 1.29 is 27.4 Å². The molecule has 1 aliphatic rings. The van der Waals surface area contributed by atoms with Gasteiger partial charge in [0, 0.05) is 32.4 Å². The highest BCUT2D eigenvalue weighted by molar-refractivity contribution is 7.71. The molecule has 1 unspecified atom stereocenters. The molecule has 1 saturated heterocycles. The number of hydrogen-bond acceptors (Lipinski definition) is 7. The zero-order valence-electron chi connectivity index (χ0n) is 20.1. The normalized spacial score (nSPS) is 16.4. The summed E-state index contributed by atoms with van der Waals surface area (Å²) in [6.07, 6.45) is -5.04. The van der Waals surface area contributed by atoms with Crippen molar-refractivity contribution in [2.75, 3.05) is 32.1 Å². The summed E-state index contributed by atoms with van der Waals surface area (Å²) in [5.41, 5.74) is -0.225. The molecule has 0 amide bonds. The first-order valence-electron chi connectivity index (χ1n) is 11.4. The fourth-order valence-electron chi connectivity index (χ4n) is 4.10. The molecule has 1 atom stereocenters. The molecular weight excluding hydrogens is 509 g/mol.